The van der Waals surface area contributed by atoms with Crippen molar-refractivity contribution in [2.45, 2.75) is 26.3 Å². The van der Waals surface area contributed by atoms with E-state index in [0.29, 0.717) is 22.9 Å². The zero-order valence-electron chi connectivity index (χ0n) is 9.90. The van der Waals surface area contributed by atoms with Crippen LogP contribution in [0.1, 0.15) is 20.3 Å². The first kappa shape index (κ1) is 14.7. The standard InChI is InChI=1S/C12H16BrClFNO/c1-3-8(2)16-4-5-17-12-7-11(15)10(14)6-9(12)13/h6-8,16H,3-5H2,1-2H3. The highest BCUT2D eigenvalue weighted by Crippen LogP contribution is 2.30. The molecule has 1 unspecified atom stereocenters. The molecule has 5 heteroatoms. The van der Waals surface area contributed by atoms with E-state index in [-0.39, 0.29) is 5.02 Å². The summed E-state index contributed by atoms with van der Waals surface area (Å²) in [6.45, 7) is 5.44. The Bertz CT molecular complexity index is 376. The van der Waals surface area contributed by atoms with Crippen molar-refractivity contribution in [2.75, 3.05) is 13.2 Å². The molecule has 96 valence electrons. The lowest BCUT2D eigenvalue weighted by atomic mass is 10.3. The van der Waals surface area contributed by atoms with Gasteiger partial charge in [-0.15, -0.1) is 0 Å². The molecule has 1 atom stereocenters. The molecule has 0 aromatic heterocycles. The topological polar surface area (TPSA) is 21.3 Å². The van der Waals surface area contributed by atoms with Gasteiger partial charge in [0.1, 0.15) is 18.2 Å². The molecule has 2 nitrogen and oxygen atoms in total. The fraction of sp³-hybridized carbons (Fsp3) is 0.500. The molecule has 0 fully saturated rings. The van der Waals surface area contributed by atoms with Crippen molar-refractivity contribution < 1.29 is 9.13 Å². The second-order valence-corrected chi connectivity index (χ2v) is 5.07. The summed E-state index contributed by atoms with van der Waals surface area (Å²) in [6, 6.07) is 3.24. The molecule has 1 rings (SSSR count). The Hall–Kier alpha value is -0.320. The summed E-state index contributed by atoms with van der Waals surface area (Å²) in [4.78, 5) is 0. The van der Waals surface area contributed by atoms with Gasteiger partial charge >= 0.3 is 0 Å². The Labute approximate surface area is 115 Å². The second-order valence-electron chi connectivity index (χ2n) is 3.81. The van der Waals surface area contributed by atoms with Gasteiger partial charge < -0.3 is 10.1 Å². The van der Waals surface area contributed by atoms with Gasteiger partial charge in [-0.2, -0.15) is 0 Å². The van der Waals surface area contributed by atoms with Crippen LogP contribution in [-0.4, -0.2) is 19.2 Å². The van der Waals surface area contributed by atoms with Gasteiger partial charge in [-0.25, -0.2) is 4.39 Å². The van der Waals surface area contributed by atoms with Crippen LogP contribution in [0.25, 0.3) is 0 Å². The highest BCUT2D eigenvalue weighted by atomic mass is 79.9. The molecular formula is C12H16BrClFNO. The Balaban J connectivity index is 2.44. The van der Waals surface area contributed by atoms with Gasteiger partial charge in [0.2, 0.25) is 0 Å². The van der Waals surface area contributed by atoms with Gasteiger partial charge in [-0.05, 0) is 35.3 Å². The highest BCUT2D eigenvalue weighted by Gasteiger charge is 2.07. The van der Waals surface area contributed by atoms with Crippen LogP contribution < -0.4 is 10.1 Å². The molecule has 0 aliphatic heterocycles. The smallest absolute Gasteiger partial charge is 0.145 e. The van der Waals surface area contributed by atoms with E-state index in [9.17, 15) is 4.39 Å². The first-order valence-electron chi connectivity index (χ1n) is 5.55. The maximum absolute atomic E-state index is 13.2. The van der Waals surface area contributed by atoms with Gasteiger partial charge in [-0.1, -0.05) is 18.5 Å². The molecule has 17 heavy (non-hydrogen) atoms. The molecule has 1 aromatic carbocycles. The van der Waals surface area contributed by atoms with Crippen molar-refractivity contribution in [3.8, 4) is 5.75 Å². The zero-order chi connectivity index (χ0) is 12.8. The number of hydrogen-bond acceptors (Lipinski definition) is 2. The lowest BCUT2D eigenvalue weighted by Crippen LogP contribution is -2.29. The van der Waals surface area contributed by atoms with E-state index in [1.165, 1.54) is 12.1 Å². The van der Waals surface area contributed by atoms with Gasteiger partial charge in [0.25, 0.3) is 0 Å². The van der Waals surface area contributed by atoms with E-state index in [1.807, 2.05) is 0 Å². The van der Waals surface area contributed by atoms with Crippen LogP contribution >= 0.6 is 27.5 Å². The molecule has 0 saturated heterocycles. The van der Waals surface area contributed by atoms with E-state index in [1.54, 1.807) is 0 Å². The molecular weight excluding hydrogens is 308 g/mol. The van der Waals surface area contributed by atoms with Gasteiger partial charge in [0.05, 0.1) is 9.50 Å². The van der Waals surface area contributed by atoms with Crippen LogP contribution in [0.2, 0.25) is 5.02 Å². The van der Waals surface area contributed by atoms with Crippen molar-refractivity contribution in [1.29, 1.82) is 0 Å². The third-order valence-electron chi connectivity index (χ3n) is 2.44. The zero-order valence-corrected chi connectivity index (χ0v) is 12.2. The highest BCUT2D eigenvalue weighted by molar-refractivity contribution is 9.10. The molecule has 0 heterocycles. The average molecular weight is 325 g/mol. The fourth-order valence-corrected chi connectivity index (χ4v) is 1.98. The Kier molecular flexibility index (Phi) is 6.23. The van der Waals surface area contributed by atoms with Crippen molar-refractivity contribution in [1.82, 2.24) is 5.32 Å². The van der Waals surface area contributed by atoms with Crippen LogP contribution in [0.4, 0.5) is 4.39 Å². The summed E-state index contributed by atoms with van der Waals surface area (Å²) in [6.07, 6.45) is 1.07. The van der Waals surface area contributed by atoms with E-state index >= 15 is 0 Å². The molecule has 0 spiro atoms. The predicted octanol–water partition coefficient (Wildman–Crippen LogP) is 4.01. The Morgan fingerprint density at radius 1 is 1.53 bits per heavy atom. The maximum Gasteiger partial charge on any atom is 0.145 e. The molecule has 0 amide bonds. The van der Waals surface area contributed by atoms with Crippen molar-refractivity contribution in [3.63, 3.8) is 0 Å². The Morgan fingerprint density at radius 2 is 2.24 bits per heavy atom. The normalized spacial score (nSPS) is 12.5. The summed E-state index contributed by atoms with van der Waals surface area (Å²) in [5.74, 6) is -0.00222. The van der Waals surface area contributed by atoms with Crippen LogP contribution in [0.5, 0.6) is 5.75 Å². The molecule has 1 aromatic rings. The first-order valence-corrected chi connectivity index (χ1v) is 6.72. The summed E-state index contributed by atoms with van der Waals surface area (Å²) < 4.78 is 19.3. The molecule has 0 radical (unpaired) electrons. The van der Waals surface area contributed by atoms with Crippen molar-refractivity contribution in [3.05, 3.63) is 27.4 Å². The maximum atomic E-state index is 13.2. The predicted molar refractivity (Wildman–Crippen MR) is 72.4 cm³/mol. The molecule has 0 aliphatic carbocycles. The second kappa shape index (κ2) is 7.19. The fourth-order valence-electron chi connectivity index (χ4n) is 1.23. The van der Waals surface area contributed by atoms with Crippen LogP contribution in [0, 0.1) is 5.82 Å². The summed E-state index contributed by atoms with van der Waals surface area (Å²) >= 11 is 8.91. The summed E-state index contributed by atoms with van der Waals surface area (Å²) in [7, 11) is 0. The number of rotatable bonds is 6. The SMILES string of the molecule is CCC(C)NCCOc1cc(F)c(Cl)cc1Br. The molecule has 0 saturated carbocycles. The Morgan fingerprint density at radius 3 is 2.88 bits per heavy atom. The average Bonchev–Trinajstić information content (AvgIpc) is 2.30. The lowest BCUT2D eigenvalue weighted by Gasteiger charge is -2.13. The summed E-state index contributed by atoms with van der Waals surface area (Å²) in [5.41, 5.74) is 0. The number of nitrogens with one attached hydrogen (secondary N) is 1. The minimum absolute atomic E-state index is 0.0851. The minimum atomic E-state index is -0.472. The van der Waals surface area contributed by atoms with E-state index in [2.05, 4.69) is 35.1 Å². The van der Waals surface area contributed by atoms with Gasteiger partial charge in [-0.3, -0.25) is 0 Å². The quantitative estimate of drug-likeness (QED) is 0.630. The third-order valence-corrected chi connectivity index (χ3v) is 3.35. The number of hydrogen-bond donors (Lipinski definition) is 1. The summed E-state index contributed by atoms with van der Waals surface area (Å²) in [5, 5.41) is 3.37. The first-order chi connectivity index (χ1) is 8.04. The van der Waals surface area contributed by atoms with E-state index < -0.39 is 5.82 Å². The van der Waals surface area contributed by atoms with E-state index in [0.717, 1.165) is 13.0 Å². The van der Waals surface area contributed by atoms with Crippen molar-refractivity contribution >= 4 is 27.5 Å². The van der Waals surface area contributed by atoms with Crippen LogP contribution in [0.3, 0.4) is 0 Å². The van der Waals surface area contributed by atoms with Gasteiger partial charge in [0, 0.05) is 18.7 Å². The lowest BCUT2D eigenvalue weighted by molar-refractivity contribution is 0.303. The minimum Gasteiger partial charge on any atom is -0.491 e. The van der Waals surface area contributed by atoms with Crippen LogP contribution in [-0.2, 0) is 0 Å². The molecule has 0 aliphatic rings. The third kappa shape index (κ3) is 4.82. The number of ether oxygens (including phenoxy) is 1. The van der Waals surface area contributed by atoms with Gasteiger partial charge in [0.15, 0.2) is 0 Å². The largest absolute Gasteiger partial charge is 0.491 e. The molecule has 0 bridgehead atoms. The molecule has 1 N–H and O–H groups in total. The van der Waals surface area contributed by atoms with E-state index in [4.69, 9.17) is 16.3 Å². The monoisotopic (exact) mass is 323 g/mol. The number of halogens is 3. The number of benzene rings is 1. The van der Waals surface area contributed by atoms with Crippen molar-refractivity contribution in [2.24, 2.45) is 0 Å². The van der Waals surface area contributed by atoms with Crippen LogP contribution in [0.15, 0.2) is 16.6 Å².